The lowest BCUT2D eigenvalue weighted by atomic mass is 10.3. The van der Waals surface area contributed by atoms with E-state index in [2.05, 4.69) is 37.4 Å². The normalized spacial score (nSPS) is 10.4. The summed E-state index contributed by atoms with van der Waals surface area (Å²) in [6.45, 7) is 2.94. The van der Waals surface area contributed by atoms with Crippen molar-refractivity contribution in [2.24, 2.45) is 0 Å². The molecule has 2 aromatic rings. The van der Waals surface area contributed by atoms with E-state index in [0.717, 1.165) is 43.1 Å². The highest BCUT2D eigenvalue weighted by molar-refractivity contribution is 5.34. The minimum Gasteiger partial charge on any atom is -0.370 e. The monoisotopic (exact) mass is 232 g/mol. The van der Waals surface area contributed by atoms with Gasteiger partial charge in [0.2, 0.25) is 0 Å². The molecule has 0 unspecified atom stereocenters. The molecule has 0 aliphatic carbocycles. The fourth-order valence-corrected chi connectivity index (χ4v) is 1.51. The van der Waals surface area contributed by atoms with Crippen LogP contribution in [0.4, 0.5) is 5.82 Å². The Morgan fingerprint density at radius 3 is 2.94 bits per heavy atom. The summed E-state index contributed by atoms with van der Waals surface area (Å²) in [6, 6.07) is 1.98. The zero-order valence-corrected chi connectivity index (χ0v) is 9.85. The molecule has 2 rings (SSSR count). The molecule has 90 valence electrons. The number of H-pyrrole nitrogens is 1. The summed E-state index contributed by atoms with van der Waals surface area (Å²) in [7, 11) is 0. The van der Waals surface area contributed by atoms with E-state index in [4.69, 9.17) is 0 Å². The van der Waals surface area contributed by atoms with Gasteiger partial charge in [0.25, 0.3) is 0 Å². The first kappa shape index (κ1) is 11.5. The Labute approximate surface area is 99.9 Å². The van der Waals surface area contributed by atoms with Gasteiger partial charge in [-0.1, -0.05) is 6.92 Å². The van der Waals surface area contributed by atoms with Crippen LogP contribution in [0.5, 0.6) is 0 Å². The smallest absolute Gasteiger partial charge is 0.137 e. The van der Waals surface area contributed by atoms with Crippen molar-refractivity contribution in [1.29, 1.82) is 0 Å². The lowest BCUT2D eigenvalue weighted by Crippen LogP contribution is -2.06. The summed E-state index contributed by atoms with van der Waals surface area (Å²) in [6.07, 6.45) is 5.92. The van der Waals surface area contributed by atoms with Crippen LogP contribution in [0.15, 0.2) is 18.7 Å². The first-order chi connectivity index (χ1) is 8.38. The number of aromatic nitrogens is 5. The van der Waals surface area contributed by atoms with E-state index < -0.39 is 0 Å². The number of aromatic amines is 1. The van der Waals surface area contributed by atoms with Crippen LogP contribution in [-0.2, 0) is 12.8 Å². The quantitative estimate of drug-likeness (QED) is 0.732. The molecule has 2 heterocycles. The number of nitrogens with one attached hydrogen (secondary N) is 2. The van der Waals surface area contributed by atoms with E-state index in [0.29, 0.717) is 0 Å². The van der Waals surface area contributed by atoms with Crippen molar-refractivity contribution in [2.45, 2.75) is 26.2 Å². The molecule has 0 fully saturated rings. The maximum Gasteiger partial charge on any atom is 0.137 e. The van der Waals surface area contributed by atoms with Crippen LogP contribution < -0.4 is 5.32 Å². The molecular weight excluding hydrogens is 216 g/mol. The Kier molecular flexibility index (Phi) is 4.01. The van der Waals surface area contributed by atoms with Crippen molar-refractivity contribution in [3.63, 3.8) is 0 Å². The minimum absolute atomic E-state index is 0.862. The zero-order valence-electron chi connectivity index (χ0n) is 9.85. The van der Waals surface area contributed by atoms with Gasteiger partial charge in [0.05, 0.1) is 0 Å². The number of rotatable bonds is 6. The Morgan fingerprint density at radius 2 is 2.18 bits per heavy atom. The third-order valence-electron chi connectivity index (χ3n) is 2.45. The van der Waals surface area contributed by atoms with E-state index in [1.54, 1.807) is 6.33 Å². The molecular formula is C11H16N6. The second-order valence-electron chi connectivity index (χ2n) is 3.71. The van der Waals surface area contributed by atoms with Crippen LogP contribution in [-0.4, -0.2) is 31.7 Å². The van der Waals surface area contributed by atoms with Crippen molar-refractivity contribution in [1.82, 2.24) is 25.1 Å². The van der Waals surface area contributed by atoms with Gasteiger partial charge in [-0.25, -0.2) is 15.0 Å². The molecule has 6 heteroatoms. The van der Waals surface area contributed by atoms with Gasteiger partial charge >= 0.3 is 0 Å². The van der Waals surface area contributed by atoms with E-state index in [1.807, 2.05) is 6.07 Å². The molecule has 0 aliphatic rings. The number of aryl methyl sites for hydroxylation is 2. The predicted octanol–water partition coefficient (Wildman–Crippen LogP) is 1.20. The summed E-state index contributed by atoms with van der Waals surface area (Å²) in [5, 5.41) is 9.91. The van der Waals surface area contributed by atoms with Crippen LogP contribution in [0, 0.1) is 0 Å². The lowest BCUT2D eigenvalue weighted by molar-refractivity contribution is 0.802. The highest BCUT2D eigenvalue weighted by Crippen LogP contribution is 2.04. The van der Waals surface area contributed by atoms with Gasteiger partial charge in [-0.15, -0.1) is 0 Å². The molecule has 0 saturated carbocycles. The van der Waals surface area contributed by atoms with Gasteiger partial charge in [0.1, 0.15) is 24.3 Å². The SMILES string of the molecule is CCc1cc(NCCCc2ncn[nH]2)ncn1. The first-order valence-electron chi connectivity index (χ1n) is 5.77. The molecule has 0 spiro atoms. The summed E-state index contributed by atoms with van der Waals surface area (Å²) >= 11 is 0. The predicted molar refractivity (Wildman–Crippen MR) is 64.6 cm³/mol. The van der Waals surface area contributed by atoms with Crippen LogP contribution in [0.1, 0.15) is 24.9 Å². The largest absolute Gasteiger partial charge is 0.370 e. The minimum atomic E-state index is 0.862. The van der Waals surface area contributed by atoms with Crippen molar-refractivity contribution in [2.75, 3.05) is 11.9 Å². The molecule has 0 amide bonds. The summed E-state index contributed by atoms with van der Waals surface area (Å²) < 4.78 is 0. The second kappa shape index (κ2) is 5.93. The van der Waals surface area contributed by atoms with E-state index in [1.165, 1.54) is 6.33 Å². The van der Waals surface area contributed by atoms with Gasteiger partial charge in [-0.05, 0) is 12.8 Å². The molecule has 6 nitrogen and oxygen atoms in total. The van der Waals surface area contributed by atoms with E-state index in [9.17, 15) is 0 Å². The van der Waals surface area contributed by atoms with Crippen molar-refractivity contribution >= 4 is 5.82 Å². The fourth-order valence-electron chi connectivity index (χ4n) is 1.51. The molecule has 0 aromatic carbocycles. The maximum absolute atomic E-state index is 4.16. The molecule has 0 radical (unpaired) electrons. The summed E-state index contributed by atoms with van der Waals surface area (Å²) in [5.74, 6) is 1.80. The van der Waals surface area contributed by atoms with E-state index >= 15 is 0 Å². The number of anilines is 1. The Hall–Kier alpha value is -1.98. The Balaban J connectivity index is 1.74. The van der Waals surface area contributed by atoms with Crippen LogP contribution in [0.2, 0.25) is 0 Å². The van der Waals surface area contributed by atoms with Gasteiger partial charge in [-0.3, -0.25) is 5.10 Å². The van der Waals surface area contributed by atoms with Crippen LogP contribution in [0.25, 0.3) is 0 Å². The third kappa shape index (κ3) is 3.51. The lowest BCUT2D eigenvalue weighted by Gasteiger charge is -2.05. The number of nitrogens with zero attached hydrogens (tertiary/aromatic N) is 4. The number of hydrogen-bond donors (Lipinski definition) is 2. The Bertz CT molecular complexity index is 439. The number of hydrogen-bond acceptors (Lipinski definition) is 5. The fraction of sp³-hybridized carbons (Fsp3) is 0.455. The highest BCUT2D eigenvalue weighted by Gasteiger charge is 1.98. The standard InChI is InChI=1S/C11H16N6/c1-2-9-6-11(14-7-13-9)12-5-3-4-10-15-8-16-17-10/h6-8H,2-5H2,1H3,(H,12,13,14)(H,15,16,17). The summed E-state index contributed by atoms with van der Waals surface area (Å²) in [4.78, 5) is 12.4. The van der Waals surface area contributed by atoms with Crippen molar-refractivity contribution < 1.29 is 0 Å². The first-order valence-corrected chi connectivity index (χ1v) is 5.77. The van der Waals surface area contributed by atoms with Crippen molar-refractivity contribution in [3.05, 3.63) is 30.2 Å². The summed E-state index contributed by atoms with van der Waals surface area (Å²) in [5.41, 5.74) is 1.05. The van der Waals surface area contributed by atoms with Crippen LogP contribution >= 0.6 is 0 Å². The van der Waals surface area contributed by atoms with Gasteiger partial charge in [0.15, 0.2) is 0 Å². The maximum atomic E-state index is 4.16. The average molecular weight is 232 g/mol. The molecule has 0 bridgehead atoms. The van der Waals surface area contributed by atoms with Gasteiger partial charge in [-0.2, -0.15) is 5.10 Å². The van der Waals surface area contributed by atoms with E-state index in [-0.39, 0.29) is 0 Å². The van der Waals surface area contributed by atoms with Gasteiger partial charge in [0, 0.05) is 24.7 Å². The molecule has 17 heavy (non-hydrogen) atoms. The van der Waals surface area contributed by atoms with Crippen molar-refractivity contribution in [3.8, 4) is 0 Å². The third-order valence-corrected chi connectivity index (χ3v) is 2.45. The molecule has 2 N–H and O–H groups in total. The zero-order chi connectivity index (χ0) is 11.9. The average Bonchev–Trinajstić information content (AvgIpc) is 2.88. The second-order valence-corrected chi connectivity index (χ2v) is 3.71. The molecule has 0 saturated heterocycles. The topological polar surface area (TPSA) is 79.4 Å². The highest BCUT2D eigenvalue weighted by atomic mass is 15.2. The molecule has 2 aromatic heterocycles. The van der Waals surface area contributed by atoms with Crippen LogP contribution in [0.3, 0.4) is 0 Å². The van der Waals surface area contributed by atoms with Gasteiger partial charge < -0.3 is 5.32 Å². The Morgan fingerprint density at radius 1 is 1.24 bits per heavy atom. The molecule has 0 atom stereocenters. The molecule has 0 aliphatic heterocycles.